The van der Waals surface area contributed by atoms with Gasteiger partial charge in [0.25, 0.3) is 0 Å². The molecule has 1 heterocycles. The second-order valence-electron chi connectivity index (χ2n) is 9.81. The minimum atomic E-state index is -3.29. The molecule has 0 aliphatic heterocycles. The van der Waals surface area contributed by atoms with Crippen LogP contribution in [-0.2, 0) is 36.9 Å². The summed E-state index contributed by atoms with van der Waals surface area (Å²) < 4.78 is 29.3. The van der Waals surface area contributed by atoms with E-state index in [-0.39, 0.29) is 24.3 Å². The third-order valence-electron chi connectivity index (χ3n) is 4.69. The first-order valence-electron chi connectivity index (χ1n) is 10.6. The third-order valence-corrected chi connectivity index (χ3v) is 6.99. The zero-order valence-corrected chi connectivity index (χ0v) is 20.8. The molecule has 0 aliphatic rings. The number of aromatic nitrogens is 2. The maximum atomic E-state index is 13.0. The molecule has 0 aliphatic carbocycles. The zero-order valence-electron chi connectivity index (χ0n) is 19.9. The Labute approximate surface area is 185 Å². The first kappa shape index (κ1) is 25.3. The number of hydrogen-bond acceptors (Lipinski definition) is 7. The zero-order chi connectivity index (χ0) is 23.4. The van der Waals surface area contributed by atoms with Crippen molar-refractivity contribution in [3.8, 4) is 0 Å². The van der Waals surface area contributed by atoms with E-state index >= 15 is 0 Å². The SMILES string of the molecule is CCOP(C)(=O)C(Cc1nc(Cc2ccc(C(C)(C)C)cc2)no1)C(=O)OC(C)(C)C. The van der Waals surface area contributed by atoms with Crippen molar-refractivity contribution in [3.63, 3.8) is 0 Å². The van der Waals surface area contributed by atoms with E-state index in [9.17, 15) is 9.36 Å². The van der Waals surface area contributed by atoms with Gasteiger partial charge in [-0.05, 0) is 44.2 Å². The van der Waals surface area contributed by atoms with Gasteiger partial charge in [-0.15, -0.1) is 0 Å². The van der Waals surface area contributed by atoms with Crippen molar-refractivity contribution in [2.45, 2.75) is 78.0 Å². The molecule has 2 atom stereocenters. The van der Waals surface area contributed by atoms with Crippen LogP contribution in [0.3, 0.4) is 0 Å². The van der Waals surface area contributed by atoms with Crippen molar-refractivity contribution in [2.75, 3.05) is 13.3 Å². The Bertz CT molecular complexity index is 923. The second kappa shape index (κ2) is 9.66. The second-order valence-corrected chi connectivity index (χ2v) is 12.5. The fraction of sp³-hybridized carbons (Fsp3) is 0.609. The Morgan fingerprint density at radius 1 is 1.13 bits per heavy atom. The number of carbonyl (C=O) groups is 1. The summed E-state index contributed by atoms with van der Waals surface area (Å²) in [7, 11) is -3.29. The lowest BCUT2D eigenvalue weighted by atomic mass is 9.86. The molecular weight excluding hydrogens is 415 g/mol. The number of esters is 1. The van der Waals surface area contributed by atoms with Crippen LogP contribution in [0.2, 0.25) is 0 Å². The molecule has 8 heteroatoms. The molecule has 0 spiro atoms. The summed E-state index contributed by atoms with van der Waals surface area (Å²) >= 11 is 0. The van der Waals surface area contributed by atoms with E-state index < -0.39 is 24.6 Å². The van der Waals surface area contributed by atoms with E-state index in [1.807, 2.05) is 0 Å². The molecule has 0 amide bonds. The molecule has 7 nitrogen and oxygen atoms in total. The van der Waals surface area contributed by atoms with Crippen molar-refractivity contribution < 1.29 is 23.1 Å². The Hall–Kier alpha value is -1.98. The van der Waals surface area contributed by atoms with Crippen LogP contribution in [0, 0.1) is 0 Å². The maximum absolute atomic E-state index is 13.0. The largest absolute Gasteiger partial charge is 0.459 e. The predicted molar refractivity (Wildman–Crippen MR) is 121 cm³/mol. The predicted octanol–water partition coefficient (Wildman–Crippen LogP) is 5.16. The topological polar surface area (TPSA) is 91.5 Å². The lowest BCUT2D eigenvalue weighted by Gasteiger charge is -2.26. The number of rotatable bonds is 8. The minimum absolute atomic E-state index is 0.00134. The highest BCUT2D eigenvalue weighted by Crippen LogP contribution is 2.50. The molecule has 1 aromatic carbocycles. The smallest absolute Gasteiger partial charge is 0.319 e. The van der Waals surface area contributed by atoms with Gasteiger partial charge >= 0.3 is 5.97 Å². The van der Waals surface area contributed by atoms with Crippen LogP contribution in [0.1, 0.15) is 71.3 Å². The minimum Gasteiger partial charge on any atom is -0.459 e. The van der Waals surface area contributed by atoms with E-state index in [0.29, 0.717) is 12.2 Å². The first-order valence-corrected chi connectivity index (χ1v) is 12.7. The molecule has 0 bridgehead atoms. The van der Waals surface area contributed by atoms with Crippen LogP contribution in [-0.4, -0.2) is 40.6 Å². The Kier molecular flexibility index (Phi) is 7.88. The van der Waals surface area contributed by atoms with Crippen molar-refractivity contribution in [1.29, 1.82) is 0 Å². The first-order chi connectivity index (χ1) is 14.2. The molecule has 0 N–H and O–H groups in total. The molecular formula is C23H35N2O5P. The lowest BCUT2D eigenvalue weighted by molar-refractivity contribution is -0.154. The molecule has 172 valence electrons. The highest BCUT2D eigenvalue weighted by molar-refractivity contribution is 7.60. The lowest BCUT2D eigenvalue weighted by Crippen LogP contribution is -2.33. The molecule has 2 rings (SSSR count). The van der Waals surface area contributed by atoms with Crippen molar-refractivity contribution in [1.82, 2.24) is 10.1 Å². The van der Waals surface area contributed by atoms with Gasteiger partial charge in [0, 0.05) is 19.5 Å². The van der Waals surface area contributed by atoms with Gasteiger partial charge in [-0.25, -0.2) is 0 Å². The van der Waals surface area contributed by atoms with E-state index in [0.717, 1.165) is 5.56 Å². The molecule has 1 aromatic heterocycles. The highest BCUT2D eigenvalue weighted by Gasteiger charge is 2.40. The molecule has 31 heavy (non-hydrogen) atoms. The van der Waals surface area contributed by atoms with Crippen LogP contribution >= 0.6 is 7.37 Å². The monoisotopic (exact) mass is 450 g/mol. The van der Waals surface area contributed by atoms with Crippen LogP contribution in [0.25, 0.3) is 0 Å². The molecule has 0 radical (unpaired) electrons. The fourth-order valence-corrected chi connectivity index (χ4v) is 4.69. The van der Waals surface area contributed by atoms with Crippen molar-refractivity contribution in [3.05, 3.63) is 47.1 Å². The van der Waals surface area contributed by atoms with Gasteiger partial charge in [0.1, 0.15) is 11.3 Å². The Balaban J connectivity index is 2.16. The van der Waals surface area contributed by atoms with Crippen LogP contribution in [0.15, 0.2) is 28.8 Å². The van der Waals surface area contributed by atoms with Gasteiger partial charge < -0.3 is 13.8 Å². The Morgan fingerprint density at radius 2 is 1.74 bits per heavy atom. The summed E-state index contributed by atoms with van der Waals surface area (Å²) in [6.45, 7) is 15.2. The van der Waals surface area contributed by atoms with E-state index in [4.69, 9.17) is 13.8 Å². The third kappa shape index (κ3) is 7.58. The van der Waals surface area contributed by atoms with Gasteiger partial charge in [-0.1, -0.05) is 50.2 Å². The van der Waals surface area contributed by atoms with Crippen LogP contribution < -0.4 is 0 Å². The van der Waals surface area contributed by atoms with Gasteiger partial charge in [0.05, 0.1) is 6.61 Å². The molecule has 0 saturated heterocycles. The standard InChI is InChI=1S/C23H35N2O5P/c1-9-28-31(8,27)18(21(26)29-23(5,6)7)15-20-24-19(25-30-20)14-16-10-12-17(13-11-16)22(2,3)4/h10-13,18H,9,14-15H2,1-8H3. The summed E-state index contributed by atoms with van der Waals surface area (Å²) in [4.78, 5) is 17.1. The fourth-order valence-electron chi connectivity index (χ4n) is 3.07. The van der Waals surface area contributed by atoms with Gasteiger partial charge in [-0.2, -0.15) is 4.98 Å². The average molecular weight is 451 g/mol. The number of hydrogen-bond donors (Lipinski definition) is 0. The molecule has 0 fully saturated rings. The van der Waals surface area contributed by atoms with Gasteiger partial charge in [-0.3, -0.25) is 9.36 Å². The van der Waals surface area contributed by atoms with Gasteiger partial charge in [0.15, 0.2) is 5.82 Å². The normalized spacial score (nSPS) is 15.4. The number of ether oxygens (including phenoxy) is 1. The summed E-state index contributed by atoms with van der Waals surface area (Å²) in [5.74, 6) is 0.145. The number of nitrogens with zero attached hydrogens (tertiary/aromatic N) is 2. The van der Waals surface area contributed by atoms with E-state index in [1.165, 1.54) is 12.2 Å². The van der Waals surface area contributed by atoms with Crippen molar-refractivity contribution >= 4 is 13.3 Å². The quantitative estimate of drug-likeness (QED) is 0.405. The molecule has 0 saturated carbocycles. The number of benzene rings is 1. The Morgan fingerprint density at radius 3 is 2.26 bits per heavy atom. The summed E-state index contributed by atoms with van der Waals surface area (Å²) in [6, 6.07) is 8.31. The van der Waals surface area contributed by atoms with Crippen LogP contribution in [0.4, 0.5) is 0 Å². The summed E-state index contributed by atoms with van der Waals surface area (Å²) in [5.41, 5.74) is 0.676. The molecule has 2 aromatic rings. The number of carbonyl (C=O) groups excluding carboxylic acids is 1. The maximum Gasteiger partial charge on any atom is 0.319 e. The summed E-state index contributed by atoms with van der Waals surface area (Å²) in [5, 5.41) is 4.03. The van der Waals surface area contributed by atoms with E-state index in [2.05, 4.69) is 55.2 Å². The summed E-state index contributed by atoms with van der Waals surface area (Å²) in [6.07, 6.45) is 0.499. The molecule has 2 unspecified atom stereocenters. The van der Waals surface area contributed by atoms with Gasteiger partial charge in [0.2, 0.25) is 13.3 Å². The van der Waals surface area contributed by atoms with E-state index in [1.54, 1.807) is 27.7 Å². The highest BCUT2D eigenvalue weighted by atomic mass is 31.2. The average Bonchev–Trinajstić information content (AvgIpc) is 3.04. The van der Waals surface area contributed by atoms with Crippen LogP contribution in [0.5, 0.6) is 0 Å². The van der Waals surface area contributed by atoms with Crippen molar-refractivity contribution in [2.24, 2.45) is 0 Å².